The van der Waals surface area contributed by atoms with Gasteiger partial charge in [-0.15, -0.1) is 0 Å². The van der Waals surface area contributed by atoms with E-state index >= 15 is 0 Å². The molecule has 9 nitrogen and oxygen atoms in total. The molecule has 1 unspecified atom stereocenters. The Hall–Kier alpha value is -3.37. The van der Waals surface area contributed by atoms with E-state index in [1.54, 1.807) is 32.0 Å². The van der Waals surface area contributed by atoms with Crippen molar-refractivity contribution in [2.24, 2.45) is 5.92 Å². The normalized spacial score (nSPS) is 13.8. The average Bonchev–Trinajstić information content (AvgIpc) is 2.70. The first kappa shape index (κ1) is 26.7. The molecule has 1 aromatic carbocycles. The van der Waals surface area contributed by atoms with Crippen molar-refractivity contribution in [2.75, 3.05) is 0 Å². The van der Waals surface area contributed by atoms with E-state index in [0.29, 0.717) is 5.56 Å². The van der Waals surface area contributed by atoms with Gasteiger partial charge in [-0.05, 0) is 17.9 Å². The number of ketones is 1. The molecule has 1 rings (SSSR count). The topological polar surface area (TPSA) is 150 Å². The second-order valence-electron chi connectivity index (χ2n) is 7.61. The number of Topliss-reactive ketones (excluding diaryl/α,β-unsaturated/α-hetero) is 1. The summed E-state index contributed by atoms with van der Waals surface area (Å²) >= 11 is 0. The van der Waals surface area contributed by atoms with Crippen LogP contribution in [0.15, 0.2) is 30.3 Å². The molecule has 32 heavy (non-hydrogen) atoms. The Balaban J connectivity index is 2.97. The van der Waals surface area contributed by atoms with E-state index in [4.69, 9.17) is 5.11 Å². The third-order valence-electron chi connectivity index (χ3n) is 4.51. The molecule has 0 saturated carbocycles. The lowest BCUT2D eigenvalue weighted by atomic mass is 9.95. The second-order valence-corrected chi connectivity index (χ2v) is 7.61. The molecule has 11 heteroatoms. The Morgan fingerprint density at radius 2 is 1.50 bits per heavy atom. The zero-order valence-electron chi connectivity index (χ0n) is 17.6. The van der Waals surface area contributed by atoms with Crippen LogP contribution in [0.2, 0.25) is 0 Å². The molecule has 0 radical (unpaired) electrons. The van der Waals surface area contributed by atoms with Crippen LogP contribution in [-0.4, -0.2) is 58.3 Å². The molecule has 0 aliphatic heterocycles. The number of carbonyl (C=O) groups is 5. The third-order valence-corrected chi connectivity index (χ3v) is 4.51. The minimum absolute atomic E-state index is 0.0449. The van der Waals surface area contributed by atoms with Crippen molar-refractivity contribution in [1.29, 1.82) is 0 Å². The molecule has 4 N–H and O–H groups in total. The molecule has 2 amide bonds. The number of benzene rings is 1. The maximum atomic E-state index is 12.7. The predicted octanol–water partition coefficient (Wildman–Crippen LogP) is 1.57. The number of halogens is 2. The van der Waals surface area contributed by atoms with Crippen molar-refractivity contribution >= 4 is 29.5 Å². The van der Waals surface area contributed by atoms with Gasteiger partial charge in [0.2, 0.25) is 18.2 Å². The van der Waals surface area contributed by atoms with Crippen LogP contribution >= 0.6 is 0 Å². The Kier molecular flexibility index (Phi) is 10.4. The Morgan fingerprint density at radius 3 is 1.97 bits per heavy atom. The van der Waals surface area contributed by atoms with Crippen molar-refractivity contribution in [3.05, 3.63) is 35.9 Å². The summed E-state index contributed by atoms with van der Waals surface area (Å²) in [7, 11) is 0. The summed E-state index contributed by atoms with van der Waals surface area (Å²) in [5, 5.41) is 22.6. The molecular formula is C21H26F2N2O7. The highest BCUT2D eigenvalue weighted by Crippen LogP contribution is 2.20. The Labute approximate surface area is 183 Å². The van der Waals surface area contributed by atoms with Gasteiger partial charge in [0.1, 0.15) is 12.1 Å². The number of hydrogen-bond acceptors (Lipinski definition) is 5. The number of carboxylic acid groups (broad SMARTS) is 2. The summed E-state index contributed by atoms with van der Waals surface area (Å²) in [4.78, 5) is 59.2. The lowest BCUT2D eigenvalue weighted by Crippen LogP contribution is -2.53. The first-order valence-electron chi connectivity index (χ1n) is 9.85. The summed E-state index contributed by atoms with van der Waals surface area (Å²) in [5.74, 6) is -7.97. The molecule has 1 aromatic rings. The highest BCUT2D eigenvalue weighted by molar-refractivity contribution is 6.35. The fourth-order valence-electron chi connectivity index (χ4n) is 3.01. The molecule has 0 aliphatic rings. The Morgan fingerprint density at radius 1 is 0.906 bits per heavy atom. The quantitative estimate of drug-likeness (QED) is 0.329. The van der Waals surface area contributed by atoms with Crippen LogP contribution in [0.5, 0.6) is 0 Å². The highest BCUT2D eigenvalue weighted by Gasteiger charge is 2.33. The third kappa shape index (κ3) is 8.78. The number of alkyl halides is 2. The number of carboxylic acids is 2. The molecule has 3 atom stereocenters. The van der Waals surface area contributed by atoms with Crippen molar-refractivity contribution in [1.82, 2.24) is 10.6 Å². The van der Waals surface area contributed by atoms with Gasteiger partial charge in [-0.3, -0.25) is 19.2 Å². The molecule has 176 valence electrons. The van der Waals surface area contributed by atoms with Gasteiger partial charge in [-0.25, -0.2) is 13.6 Å². The van der Waals surface area contributed by atoms with Gasteiger partial charge < -0.3 is 20.8 Å². The fourth-order valence-corrected chi connectivity index (χ4v) is 3.01. The van der Waals surface area contributed by atoms with Gasteiger partial charge in [0.05, 0.1) is 5.92 Å². The number of carbonyl (C=O) groups excluding carboxylic acids is 3. The van der Waals surface area contributed by atoms with Crippen molar-refractivity contribution < 1.29 is 43.0 Å². The molecule has 0 aromatic heterocycles. The number of rotatable bonds is 13. The molecule has 0 fully saturated rings. The fraction of sp³-hybridized carbons (Fsp3) is 0.476. The zero-order valence-corrected chi connectivity index (χ0v) is 17.6. The van der Waals surface area contributed by atoms with E-state index in [-0.39, 0.29) is 12.3 Å². The summed E-state index contributed by atoms with van der Waals surface area (Å²) in [6.45, 7) is 3.44. The highest BCUT2D eigenvalue weighted by atomic mass is 19.3. The van der Waals surface area contributed by atoms with Gasteiger partial charge in [0, 0.05) is 12.8 Å². The van der Waals surface area contributed by atoms with E-state index in [2.05, 4.69) is 5.32 Å². The average molecular weight is 456 g/mol. The van der Waals surface area contributed by atoms with Crippen LogP contribution in [0.1, 0.15) is 44.6 Å². The minimum Gasteiger partial charge on any atom is -0.481 e. The van der Waals surface area contributed by atoms with E-state index in [1.807, 2.05) is 5.32 Å². The number of nitrogens with one attached hydrogen (secondary N) is 2. The second kappa shape index (κ2) is 12.5. The number of amides is 2. The molecular weight excluding hydrogens is 430 g/mol. The number of hydrogen-bond donors (Lipinski definition) is 4. The molecule has 0 spiro atoms. The standard InChI is InChI=1S/C21H26F2N2O7/c1-11(2)8-15(19(28)25-14(10-16(22)23)18(27)21(31)32)24-17(26)9-13(20(29)30)12-6-4-3-5-7-12/h3-7,11,13-16H,8-10H2,1-2H3,(H,24,26)(H,25,28)(H,29,30)(H,31,32)/t13?,14-,15-/m1/s1. The molecule has 0 bridgehead atoms. The predicted molar refractivity (Wildman–Crippen MR) is 108 cm³/mol. The van der Waals surface area contributed by atoms with E-state index in [1.165, 1.54) is 12.1 Å². The van der Waals surface area contributed by atoms with Gasteiger partial charge in [0.15, 0.2) is 0 Å². The maximum absolute atomic E-state index is 12.7. The van der Waals surface area contributed by atoms with Gasteiger partial charge in [0.25, 0.3) is 5.78 Å². The van der Waals surface area contributed by atoms with Gasteiger partial charge in [-0.2, -0.15) is 0 Å². The van der Waals surface area contributed by atoms with Crippen LogP contribution in [0.3, 0.4) is 0 Å². The van der Waals surface area contributed by atoms with Crippen LogP contribution in [0.25, 0.3) is 0 Å². The minimum atomic E-state index is -3.05. The summed E-state index contributed by atoms with van der Waals surface area (Å²) in [5.41, 5.74) is 0.379. The lowest BCUT2D eigenvalue weighted by Gasteiger charge is -2.24. The summed E-state index contributed by atoms with van der Waals surface area (Å²) < 4.78 is 25.5. The van der Waals surface area contributed by atoms with E-state index < -0.39 is 66.8 Å². The smallest absolute Gasteiger partial charge is 0.374 e. The summed E-state index contributed by atoms with van der Waals surface area (Å²) in [6, 6.07) is 4.73. The van der Waals surface area contributed by atoms with Gasteiger partial charge in [-0.1, -0.05) is 44.2 Å². The number of aliphatic carboxylic acids is 2. The van der Waals surface area contributed by atoms with Crippen molar-refractivity contribution in [2.45, 2.75) is 57.5 Å². The van der Waals surface area contributed by atoms with Crippen LogP contribution in [-0.2, 0) is 24.0 Å². The van der Waals surface area contributed by atoms with Crippen LogP contribution in [0, 0.1) is 5.92 Å². The van der Waals surface area contributed by atoms with E-state index in [9.17, 15) is 37.9 Å². The monoisotopic (exact) mass is 456 g/mol. The van der Waals surface area contributed by atoms with Gasteiger partial charge >= 0.3 is 11.9 Å². The van der Waals surface area contributed by atoms with Crippen LogP contribution in [0.4, 0.5) is 8.78 Å². The van der Waals surface area contributed by atoms with Crippen LogP contribution < -0.4 is 10.6 Å². The lowest BCUT2D eigenvalue weighted by molar-refractivity contribution is -0.151. The molecule has 0 saturated heterocycles. The van der Waals surface area contributed by atoms with Crippen molar-refractivity contribution in [3.63, 3.8) is 0 Å². The zero-order chi connectivity index (χ0) is 24.4. The first-order valence-corrected chi connectivity index (χ1v) is 9.85. The van der Waals surface area contributed by atoms with Crippen molar-refractivity contribution in [3.8, 4) is 0 Å². The Bertz CT molecular complexity index is 831. The largest absolute Gasteiger partial charge is 0.481 e. The summed E-state index contributed by atoms with van der Waals surface area (Å²) in [6.07, 6.45) is -4.70. The molecule has 0 heterocycles. The first-order chi connectivity index (χ1) is 14.9. The molecule has 0 aliphatic carbocycles. The van der Waals surface area contributed by atoms with E-state index in [0.717, 1.165) is 0 Å². The maximum Gasteiger partial charge on any atom is 0.374 e. The SMILES string of the molecule is CC(C)C[C@@H](NC(=O)CC(C(=O)O)c1ccccc1)C(=O)N[C@H](CC(F)F)C(=O)C(=O)O.